The maximum atomic E-state index is 14.2. The highest BCUT2D eigenvalue weighted by Crippen LogP contribution is 2.23. The first-order valence-corrected chi connectivity index (χ1v) is 10.6. The molecule has 0 aliphatic carbocycles. The van der Waals surface area contributed by atoms with Gasteiger partial charge in [-0.15, -0.1) is 0 Å². The molecule has 3 rings (SSSR count). The average Bonchev–Trinajstić information content (AvgIpc) is 2.71. The zero-order valence-electron chi connectivity index (χ0n) is 15.8. The molecule has 3 aromatic carbocycles. The quantitative estimate of drug-likeness (QED) is 0.592. The van der Waals surface area contributed by atoms with Gasteiger partial charge in [-0.2, -0.15) is 4.31 Å². The van der Waals surface area contributed by atoms with Crippen LogP contribution < -0.4 is 5.32 Å². The summed E-state index contributed by atoms with van der Waals surface area (Å²) in [7, 11) is -2.58. The Hall–Kier alpha value is -2.81. The second kappa shape index (κ2) is 8.91. The molecule has 9 heteroatoms. The number of hydrogen-bond donors (Lipinski definition) is 1. The number of rotatable bonds is 6. The van der Waals surface area contributed by atoms with Crippen LogP contribution in [0.15, 0.2) is 71.6 Å². The number of sulfonamides is 1. The van der Waals surface area contributed by atoms with Gasteiger partial charge < -0.3 is 5.32 Å². The summed E-state index contributed by atoms with van der Waals surface area (Å²) in [6.45, 7) is 0.107. The van der Waals surface area contributed by atoms with Crippen LogP contribution in [0.5, 0.6) is 0 Å². The van der Waals surface area contributed by atoms with Crippen LogP contribution in [0.3, 0.4) is 0 Å². The van der Waals surface area contributed by atoms with Gasteiger partial charge in [-0.05, 0) is 42.0 Å². The topological polar surface area (TPSA) is 66.5 Å². The second-order valence-corrected chi connectivity index (χ2v) is 8.92. The molecule has 0 saturated carbocycles. The van der Waals surface area contributed by atoms with E-state index in [1.807, 2.05) is 6.07 Å². The number of nitrogens with zero attached hydrogens (tertiary/aromatic N) is 1. The first-order valence-electron chi connectivity index (χ1n) is 8.74. The smallest absolute Gasteiger partial charge is 0.258 e. The number of carbonyl (C=O) groups excluding carboxylic acids is 1. The van der Waals surface area contributed by atoms with Gasteiger partial charge in [0.15, 0.2) is 0 Å². The molecule has 0 unspecified atom stereocenters. The van der Waals surface area contributed by atoms with E-state index < -0.39 is 33.1 Å². The minimum atomic E-state index is -3.98. The molecule has 3 aromatic rings. The van der Waals surface area contributed by atoms with Gasteiger partial charge >= 0.3 is 0 Å². The Balaban J connectivity index is 1.86. The third kappa shape index (κ3) is 4.84. The van der Waals surface area contributed by atoms with Crippen LogP contribution in [0.2, 0.25) is 5.02 Å². The van der Waals surface area contributed by atoms with Crippen LogP contribution in [0.4, 0.5) is 14.5 Å². The molecule has 0 atom stereocenters. The lowest BCUT2D eigenvalue weighted by atomic mass is 10.2. The first kappa shape index (κ1) is 21.9. The van der Waals surface area contributed by atoms with Crippen molar-refractivity contribution in [1.29, 1.82) is 0 Å². The number of benzene rings is 3. The molecule has 156 valence electrons. The van der Waals surface area contributed by atoms with Crippen LogP contribution >= 0.6 is 11.6 Å². The molecule has 1 amide bonds. The van der Waals surface area contributed by atoms with Crippen molar-refractivity contribution in [3.63, 3.8) is 0 Å². The van der Waals surface area contributed by atoms with Crippen LogP contribution in [0.1, 0.15) is 15.9 Å². The van der Waals surface area contributed by atoms with E-state index in [1.54, 1.807) is 24.3 Å². The summed E-state index contributed by atoms with van der Waals surface area (Å²) < 4.78 is 54.4. The summed E-state index contributed by atoms with van der Waals surface area (Å²) in [5, 5.41) is 2.16. The molecule has 30 heavy (non-hydrogen) atoms. The molecule has 0 aliphatic rings. The van der Waals surface area contributed by atoms with Gasteiger partial charge in [0.1, 0.15) is 11.6 Å². The predicted octanol–water partition coefficient (Wildman–Crippen LogP) is 4.69. The van der Waals surface area contributed by atoms with E-state index in [9.17, 15) is 22.0 Å². The lowest BCUT2D eigenvalue weighted by Crippen LogP contribution is -2.27. The monoisotopic (exact) mass is 450 g/mol. The Morgan fingerprint density at radius 3 is 2.33 bits per heavy atom. The predicted molar refractivity (Wildman–Crippen MR) is 111 cm³/mol. The Morgan fingerprint density at radius 2 is 1.67 bits per heavy atom. The summed E-state index contributed by atoms with van der Waals surface area (Å²) >= 11 is 5.68. The van der Waals surface area contributed by atoms with Crippen molar-refractivity contribution < 1.29 is 22.0 Å². The standard InChI is InChI=1S/C21H17ClF2N2O3S/c1-26(13-14-5-3-2-4-6-14)30(28,29)16-8-10-19(23)17(12-16)21(27)25-15-7-9-20(24)18(22)11-15/h2-12H,13H2,1H3,(H,25,27). The van der Waals surface area contributed by atoms with Crippen molar-refractivity contribution in [3.05, 3.63) is 94.5 Å². The van der Waals surface area contributed by atoms with Gasteiger partial charge in [-0.1, -0.05) is 41.9 Å². The van der Waals surface area contributed by atoms with Crippen LogP contribution in [-0.2, 0) is 16.6 Å². The van der Waals surface area contributed by atoms with Gasteiger partial charge in [-0.25, -0.2) is 17.2 Å². The molecule has 5 nitrogen and oxygen atoms in total. The van der Waals surface area contributed by atoms with Gasteiger partial charge in [0.2, 0.25) is 10.0 Å². The molecule has 1 N–H and O–H groups in total. The molecule has 0 aliphatic heterocycles. The summed E-state index contributed by atoms with van der Waals surface area (Å²) in [5.74, 6) is -2.46. The highest BCUT2D eigenvalue weighted by atomic mass is 35.5. The van der Waals surface area contributed by atoms with Crippen LogP contribution in [-0.4, -0.2) is 25.7 Å². The summed E-state index contributed by atoms with van der Waals surface area (Å²) in [6.07, 6.45) is 0. The van der Waals surface area contributed by atoms with E-state index in [0.29, 0.717) is 0 Å². The molecule has 0 bridgehead atoms. The van der Waals surface area contributed by atoms with Gasteiger partial charge in [0.05, 0.1) is 15.5 Å². The molecular formula is C21H17ClF2N2O3S. The van der Waals surface area contributed by atoms with Crippen molar-refractivity contribution in [1.82, 2.24) is 4.31 Å². The molecule has 0 radical (unpaired) electrons. The van der Waals surface area contributed by atoms with Crippen LogP contribution in [0, 0.1) is 11.6 Å². The maximum absolute atomic E-state index is 14.2. The maximum Gasteiger partial charge on any atom is 0.258 e. The number of hydrogen-bond acceptors (Lipinski definition) is 3. The average molecular weight is 451 g/mol. The Labute approximate surface area is 178 Å². The highest BCUT2D eigenvalue weighted by molar-refractivity contribution is 7.89. The van der Waals surface area contributed by atoms with E-state index in [2.05, 4.69) is 5.32 Å². The molecule has 0 aromatic heterocycles. The van der Waals surface area contributed by atoms with E-state index in [0.717, 1.165) is 34.1 Å². The van der Waals surface area contributed by atoms with Crippen molar-refractivity contribution in [2.24, 2.45) is 0 Å². The largest absolute Gasteiger partial charge is 0.322 e. The fourth-order valence-electron chi connectivity index (χ4n) is 2.72. The summed E-state index contributed by atoms with van der Waals surface area (Å²) in [5.41, 5.74) is 0.446. The third-order valence-electron chi connectivity index (χ3n) is 4.32. The summed E-state index contributed by atoms with van der Waals surface area (Å²) in [6, 6.07) is 15.4. The van der Waals surface area contributed by atoms with Gasteiger partial charge in [0.25, 0.3) is 5.91 Å². The van der Waals surface area contributed by atoms with Crippen molar-refractivity contribution >= 4 is 33.2 Å². The summed E-state index contributed by atoms with van der Waals surface area (Å²) in [4.78, 5) is 12.2. The zero-order valence-corrected chi connectivity index (χ0v) is 17.3. The van der Waals surface area contributed by atoms with Crippen molar-refractivity contribution in [2.75, 3.05) is 12.4 Å². The normalized spacial score (nSPS) is 11.5. The Kier molecular flexibility index (Phi) is 6.50. The highest BCUT2D eigenvalue weighted by Gasteiger charge is 2.24. The third-order valence-corrected chi connectivity index (χ3v) is 6.41. The van der Waals surface area contributed by atoms with Gasteiger partial charge in [0, 0.05) is 19.3 Å². The SMILES string of the molecule is CN(Cc1ccccc1)S(=O)(=O)c1ccc(F)c(C(=O)Nc2ccc(F)c(Cl)c2)c1. The lowest BCUT2D eigenvalue weighted by Gasteiger charge is -2.18. The Morgan fingerprint density at radius 1 is 1.00 bits per heavy atom. The van der Waals surface area contributed by atoms with Crippen molar-refractivity contribution in [3.8, 4) is 0 Å². The molecule has 0 heterocycles. The lowest BCUT2D eigenvalue weighted by molar-refractivity contribution is 0.102. The second-order valence-electron chi connectivity index (χ2n) is 6.47. The number of nitrogens with one attached hydrogen (secondary N) is 1. The minimum absolute atomic E-state index is 0.107. The molecular weight excluding hydrogens is 434 g/mol. The number of halogens is 3. The first-order chi connectivity index (χ1) is 14.2. The van der Waals surface area contributed by atoms with E-state index in [1.165, 1.54) is 19.2 Å². The van der Waals surface area contributed by atoms with E-state index in [4.69, 9.17) is 11.6 Å². The number of carbonyl (C=O) groups is 1. The minimum Gasteiger partial charge on any atom is -0.322 e. The van der Waals surface area contributed by atoms with Crippen molar-refractivity contribution in [2.45, 2.75) is 11.4 Å². The number of amides is 1. The van der Waals surface area contributed by atoms with E-state index >= 15 is 0 Å². The molecule has 0 saturated heterocycles. The fourth-order valence-corrected chi connectivity index (χ4v) is 4.08. The molecule has 0 fully saturated rings. The number of anilines is 1. The van der Waals surface area contributed by atoms with E-state index in [-0.39, 0.29) is 22.2 Å². The molecule has 0 spiro atoms. The van der Waals surface area contributed by atoms with Gasteiger partial charge in [-0.3, -0.25) is 4.79 Å². The van der Waals surface area contributed by atoms with Crippen LogP contribution in [0.25, 0.3) is 0 Å². The Bertz CT molecular complexity index is 1190. The zero-order chi connectivity index (χ0) is 21.9. The fraction of sp³-hybridized carbons (Fsp3) is 0.0952.